The maximum absolute atomic E-state index is 10.9. The topological polar surface area (TPSA) is 51.2 Å². The molecular weight excluding hydrogens is 390 g/mol. The normalized spacial score (nSPS) is 49.4. The maximum atomic E-state index is 10.9. The summed E-state index contributed by atoms with van der Waals surface area (Å²) in [6.45, 7) is 10.6. The van der Waals surface area contributed by atoms with Crippen LogP contribution in [0.4, 0.5) is 0 Å². The van der Waals surface area contributed by atoms with Crippen LogP contribution in [0.25, 0.3) is 0 Å². The van der Waals surface area contributed by atoms with Crippen molar-refractivity contribution in [1.82, 2.24) is 4.90 Å². The lowest BCUT2D eigenvalue weighted by atomic mass is 9.33. The Morgan fingerprint density at radius 2 is 1.94 bits per heavy atom. The van der Waals surface area contributed by atoms with E-state index in [1.807, 2.05) is 6.07 Å². The molecule has 7 aliphatic rings. The van der Waals surface area contributed by atoms with E-state index >= 15 is 0 Å². The number of nitrogens with zero attached hydrogens (tertiary/aromatic N) is 1. The summed E-state index contributed by atoms with van der Waals surface area (Å²) in [4.78, 5) is 2.62. The van der Waals surface area contributed by atoms with Crippen molar-refractivity contribution in [1.29, 1.82) is 0 Å². The van der Waals surface area contributed by atoms with E-state index in [2.05, 4.69) is 45.7 Å². The fraction of sp³-hybridized carbons (Fsp3) is 0.769. The van der Waals surface area contributed by atoms with Gasteiger partial charge in [0.25, 0.3) is 0 Å². The lowest BCUT2D eigenvalue weighted by Gasteiger charge is -2.76. The lowest BCUT2D eigenvalue weighted by molar-refractivity contribution is -0.389. The summed E-state index contributed by atoms with van der Waals surface area (Å²) in [6.07, 6.45) is 5.39. The fourth-order valence-corrected chi connectivity index (χ4v) is 9.32. The van der Waals surface area contributed by atoms with Gasteiger partial charge in [0.05, 0.1) is 5.60 Å². The van der Waals surface area contributed by atoms with Gasteiger partial charge in [-0.1, -0.05) is 26.8 Å². The minimum Gasteiger partial charge on any atom is -0.504 e. The van der Waals surface area contributed by atoms with Crippen LogP contribution in [0.1, 0.15) is 64.5 Å². The number of phenols is 1. The Morgan fingerprint density at radius 3 is 2.71 bits per heavy atom. The highest BCUT2D eigenvalue weighted by atomic mass is 16.7. The van der Waals surface area contributed by atoms with Gasteiger partial charge in [-0.2, -0.15) is 0 Å². The zero-order valence-electron chi connectivity index (χ0n) is 19.5. The molecule has 5 fully saturated rings. The number of fused-ring (bicyclic) bond motifs is 1. The van der Waals surface area contributed by atoms with Crippen LogP contribution in [0.5, 0.6) is 11.5 Å². The van der Waals surface area contributed by atoms with Crippen molar-refractivity contribution < 1.29 is 19.3 Å². The first kappa shape index (κ1) is 19.2. The predicted molar refractivity (Wildman–Crippen MR) is 116 cm³/mol. The summed E-state index contributed by atoms with van der Waals surface area (Å²) in [5.74, 6) is 1.32. The molecule has 0 aromatic heterocycles. The maximum Gasteiger partial charge on any atom is 0.165 e. The highest BCUT2D eigenvalue weighted by Gasteiger charge is 2.83. The standard InChI is InChI=1S/C26H35NO4/c1-22(2,3)23(4)17-13-24-8-9-26(17,30-14-29-23)21-25(24)10-11-27(5)18(24)12-15-6-7-16(28)20(31-21)19(15)25/h6-7,17-18,21,28H,8-14H2,1-5H3/t17-,18-,21-,23+,24?,25+,26-/m1/s1. The Balaban J connectivity index is 1.53. The van der Waals surface area contributed by atoms with Crippen LogP contribution in [0, 0.1) is 16.7 Å². The van der Waals surface area contributed by atoms with Crippen LogP contribution in [0.3, 0.4) is 0 Å². The van der Waals surface area contributed by atoms with E-state index < -0.39 is 0 Å². The van der Waals surface area contributed by atoms with Crippen molar-refractivity contribution in [3.05, 3.63) is 23.3 Å². The first-order valence-corrected chi connectivity index (χ1v) is 12.1. The van der Waals surface area contributed by atoms with Crippen LogP contribution < -0.4 is 4.74 Å². The van der Waals surface area contributed by atoms with Crippen LogP contribution in [0.15, 0.2) is 12.1 Å². The summed E-state index contributed by atoms with van der Waals surface area (Å²) in [6, 6.07) is 4.50. The molecule has 3 aliphatic heterocycles. The monoisotopic (exact) mass is 425 g/mol. The molecule has 1 aromatic carbocycles. The Bertz CT molecular complexity index is 1000. The number of likely N-dealkylation sites (N-methyl/N-ethyl adjacent to an activating group) is 1. The molecule has 0 radical (unpaired) electrons. The van der Waals surface area contributed by atoms with Gasteiger partial charge in [0.1, 0.15) is 18.5 Å². The molecule has 5 heteroatoms. The predicted octanol–water partition coefficient (Wildman–Crippen LogP) is 4.00. The number of aromatic hydroxyl groups is 1. The third kappa shape index (κ3) is 1.76. The molecule has 2 saturated heterocycles. The highest BCUT2D eigenvalue weighted by Crippen LogP contribution is 2.78. The molecule has 1 unspecified atom stereocenters. The van der Waals surface area contributed by atoms with Gasteiger partial charge in [-0.3, -0.25) is 0 Å². The second kappa shape index (κ2) is 5.26. The molecule has 1 N–H and O–H groups in total. The largest absolute Gasteiger partial charge is 0.504 e. The number of hydrogen-bond donors (Lipinski definition) is 1. The molecule has 3 spiro atoms. The zero-order chi connectivity index (χ0) is 21.6. The second-order valence-electron chi connectivity index (χ2n) is 12.5. The highest BCUT2D eigenvalue weighted by molar-refractivity contribution is 5.63. The van der Waals surface area contributed by atoms with E-state index in [0.29, 0.717) is 18.6 Å². The average Bonchev–Trinajstić information content (AvgIpc) is 3.09. The number of ether oxygens (including phenoxy) is 3. The van der Waals surface area contributed by atoms with Crippen LogP contribution >= 0.6 is 0 Å². The van der Waals surface area contributed by atoms with Crippen molar-refractivity contribution in [3.63, 3.8) is 0 Å². The average molecular weight is 426 g/mol. The van der Waals surface area contributed by atoms with E-state index in [1.54, 1.807) is 0 Å². The number of benzene rings is 1. The lowest BCUT2D eigenvalue weighted by Crippen LogP contribution is -2.84. The molecule has 4 bridgehead atoms. The summed E-state index contributed by atoms with van der Waals surface area (Å²) >= 11 is 0. The number of piperidine rings is 1. The minimum atomic E-state index is -0.359. The van der Waals surface area contributed by atoms with Crippen LogP contribution in [-0.4, -0.2) is 53.7 Å². The molecule has 7 atom stereocenters. The number of phenolic OH excluding ortho intramolecular Hbond substituents is 1. The van der Waals surface area contributed by atoms with Gasteiger partial charge in [-0.25, -0.2) is 0 Å². The van der Waals surface area contributed by atoms with Crippen molar-refractivity contribution in [2.45, 2.75) is 88.6 Å². The van der Waals surface area contributed by atoms with Crippen molar-refractivity contribution in [3.8, 4) is 11.5 Å². The van der Waals surface area contributed by atoms with Gasteiger partial charge >= 0.3 is 0 Å². The third-order valence-corrected chi connectivity index (χ3v) is 11.1. The Labute approximate surface area is 185 Å². The van der Waals surface area contributed by atoms with Crippen molar-refractivity contribution >= 4 is 0 Å². The van der Waals surface area contributed by atoms with Gasteiger partial charge < -0.3 is 24.2 Å². The summed E-state index contributed by atoms with van der Waals surface area (Å²) in [7, 11) is 2.32. The molecule has 8 rings (SSSR count). The van der Waals surface area contributed by atoms with Gasteiger partial charge in [-0.15, -0.1) is 0 Å². The molecule has 1 aromatic rings. The van der Waals surface area contributed by atoms with Gasteiger partial charge in [0.15, 0.2) is 11.5 Å². The minimum absolute atomic E-state index is 0.00976. The fourth-order valence-electron chi connectivity index (χ4n) is 9.32. The number of hydrogen-bond acceptors (Lipinski definition) is 5. The first-order valence-electron chi connectivity index (χ1n) is 12.1. The number of rotatable bonds is 0. The summed E-state index contributed by atoms with van der Waals surface area (Å²) < 4.78 is 20.1. The van der Waals surface area contributed by atoms with E-state index in [9.17, 15) is 5.11 Å². The molecule has 3 saturated carbocycles. The Kier molecular flexibility index (Phi) is 3.26. The summed E-state index contributed by atoms with van der Waals surface area (Å²) in [5.41, 5.74) is 2.13. The van der Waals surface area contributed by atoms with E-state index in [4.69, 9.17) is 14.2 Å². The Morgan fingerprint density at radius 1 is 1.13 bits per heavy atom. The molecule has 3 heterocycles. The second-order valence-corrected chi connectivity index (χ2v) is 12.5. The first-order chi connectivity index (χ1) is 14.6. The van der Waals surface area contributed by atoms with Crippen molar-refractivity contribution in [2.24, 2.45) is 16.7 Å². The van der Waals surface area contributed by atoms with E-state index in [-0.39, 0.29) is 39.5 Å². The molecule has 168 valence electrons. The molecule has 31 heavy (non-hydrogen) atoms. The molecule has 0 amide bonds. The Hall–Kier alpha value is -1.30. The van der Waals surface area contributed by atoms with E-state index in [1.165, 1.54) is 17.5 Å². The van der Waals surface area contributed by atoms with Crippen molar-refractivity contribution in [2.75, 3.05) is 20.4 Å². The van der Waals surface area contributed by atoms with Gasteiger partial charge in [0.2, 0.25) is 0 Å². The quantitative estimate of drug-likeness (QED) is 0.681. The third-order valence-electron chi connectivity index (χ3n) is 11.1. The molecular formula is C26H35NO4. The van der Waals surface area contributed by atoms with Crippen LogP contribution in [0.2, 0.25) is 0 Å². The SMILES string of the molecule is CN1CC[C@]23c4c5ccc(O)c4O[C@H]2[C@@]24CCC3(C[C@@H]2[C@@](C)(C(C)(C)C)OCO4)[C@H]1C5. The van der Waals surface area contributed by atoms with Crippen LogP contribution in [-0.2, 0) is 21.3 Å². The summed E-state index contributed by atoms with van der Waals surface area (Å²) in [5, 5.41) is 10.9. The van der Waals surface area contributed by atoms with Gasteiger partial charge in [-0.05, 0) is 69.7 Å². The van der Waals surface area contributed by atoms with Gasteiger partial charge in [0, 0.05) is 28.4 Å². The smallest absolute Gasteiger partial charge is 0.165 e. The van der Waals surface area contributed by atoms with E-state index in [0.717, 1.165) is 38.0 Å². The zero-order valence-corrected chi connectivity index (χ0v) is 19.5. The number of likely N-dealkylation sites (tertiary alicyclic amines) is 1. The molecule has 4 aliphatic carbocycles. The molecule has 5 nitrogen and oxygen atoms in total.